The predicted octanol–water partition coefficient (Wildman–Crippen LogP) is 2.23. The summed E-state index contributed by atoms with van der Waals surface area (Å²) in [5.74, 6) is 1.38. The van der Waals surface area contributed by atoms with Crippen molar-refractivity contribution in [3.8, 4) is 5.88 Å². The van der Waals surface area contributed by atoms with Crippen LogP contribution in [0.4, 0.5) is 0 Å². The minimum Gasteiger partial charge on any atom is -0.481 e. The quantitative estimate of drug-likeness (QED) is 0.894. The van der Waals surface area contributed by atoms with Gasteiger partial charge in [0.2, 0.25) is 5.88 Å². The van der Waals surface area contributed by atoms with E-state index in [9.17, 15) is 0 Å². The van der Waals surface area contributed by atoms with Crippen molar-refractivity contribution < 1.29 is 4.74 Å². The number of rotatable bonds is 5. The average molecular weight is 275 g/mol. The van der Waals surface area contributed by atoms with Gasteiger partial charge in [-0.15, -0.1) is 0 Å². The zero-order valence-electron chi connectivity index (χ0n) is 12.5. The highest BCUT2D eigenvalue weighted by Gasteiger charge is 2.40. The van der Waals surface area contributed by atoms with Crippen molar-refractivity contribution in [1.29, 1.82) is 0 Å². The molecule has 0 aromatic carbocycles. The molecule has 3 rings (SSSR count). The van der Waals surface area contributed by atoms with E-state index >= 15 is 0 Å². The topological polar surface area (TPSA) is 37.4 Å². The molecule has 1 aliphatic carbocycles. The summed E-state index contributed by atoms with van der Waals surface area (Å²) in [7, 11) is 3.74. The molecule has 110 valence electrons. The van der Waals surface area contributed by atoms with Gasteiger partial charge in [-0.2, -0.15) is 0 Å². The van der Waals surface area contributed by atoms with Gasteiger partial charge in [0.15, 0.2) is 0 Å². The molecule has 2 fully saturated rings. The lowest BCUT2D eigenvalue weighted by molar-refractivity contribution is 0.0812. The first kappa shape index (κ1) is 13.8. The fourth-order valence-electron chi connectivity index (χ4n) is 3.52. The number of pyridine rings is 1. The van der Waals surface area contributed by atoms with Crippen molar-refractivity contribution in [1.82, 2.24) is 15.2 Å². The van der Waals surface area contributed by atoms with Gasteiger partial charge in [0.05, 0.1) is 18.8 Å². The third kappa shape index (κ3) is 2.81. The Balaban J connectivity index is 1.89. The van der Waals surface area contributed by atoms with Gasteiger partial charge >= 0.3 is 0 Å². The van der Waals surface area contributed by atoms with Crippen LogP contribution in [0.5, 0.6) is 5.88 Å². The molecule has 4 nitrogen and oxygen atoms in total. The summed E-state index contributed by atoms with van der Waals surface area (Å²) >= 11 is 0. The van der Waals surface area contributed by atoms with Crippen LogP contribution >= 0.6 is 0 Å². The van der Waals surface area contributed by atoms with E-state index in [2.05, 4.69) is 22.3 Å². The summed E-state index contributed by atoms with van der Waals surface area (Å²) in [6.07, 6.45) is 5.30. The van der Waals surface area contributed by atoms with Crippen LogP contribution in [0.1, 0.15) is 37.4 Å². The van der Waals surface area contributed by atoms with Gasteiger partial charge in [0, 0.05) is 12.1 Å². The Morgan fingerprint density at radius 3 is 2.90 bits per heavy atom. The molecule has 4 heteroatoms. The molecule has 1 aromatic heterocycles. The van der Waals surface area contributed by atoms with E-state index in [0.29, 0.717) is 12.0 Å². The Bertz CT molecular complexity index is 445. The van der Waals surface area contributed by atoms with Crippen molar-refractivity contribution in [3.05, 3.63) is 23.9 Å². The molecule has 2 atom stereocenters. The highest BCUT2D eigenvalue weighted by molar-refractivity contribution is 5.20. The highest BCUT2D eigenvalue weighted by atomic mass is 16.5. The molecule has 2 heterocycles. The monoisotopic (exact) mass is 275 g/mol. The summed E-state index contributed by atoms with van der Waals surface area (Å²) in [6.45, 7) is 2.28. The van der Waals surface area contributed by atoms with E-state index in [-0.39, 0.29) is 0 Å². The van der Waals surface area contributed by atoms with Gasteiger partial charge in [0.1, 0.15) is 0 Å². The summed E-state index contributed by atoms with van der Waals surface area (Å²) in [6, 6.07) is 7.39. The first-order valence-corrected chi connectivity index (χ1v) is 7.74. The molecule has 2 aliphatic rings. The summed E-state index contributed by atoms with van der Waals surface area (Å²) in [5.41, 5.74) is 1.18. The minimum atomic E-state index is 0.443. The maximum absolute atomic E-state index is 5.31. The van der Waals surface area contributed by atoms with Crippen LogP contribution in [0, 0.1) is 5.92 Å². The van der Waals surface area contributed by atoms with Crippen LogP contribution in [-0.2, 0) is 0 Å². The molecule has 0 radical (unpaired) electrons. The summed E-state index contributed by atoms with van der Waals surface area (Å²) < 4.78 is 5.31. The smallest absolute Gasteiger partial charge is 0.213 e. The number of hydrogen-bond acceptors (Lipinski definition) is 4. The lowest BCUT2D eigenvalue weighted by Gasteiger charge is -2.41. The fourth-order valence-corrected chi connectivity index (χ4v) is 3.52. The Morgan fingerprint density at radius 1 is 1.35 bits per heavy atom. The maximum atomic E-state index is 5.31. The second-order valence-corrected chi connectivity index (χ2v) is 5.98. The van der Waals surface area contributed by atoms with Crippen LogP contribution in [-0.4, -0.2) is 43.2 Å². The van der Waals surface area contributed by atoms with Crippen molar-refractivity contribution in [3.63, 3.8) is 0 Å². The number of piperidine rings is 1. The number of methoxy groups -OCH3 is 1. The third-order valence-electron chi connectivity index (χ3n) is 4.53. The zero-order chi connectivity index (χ0) is 13.9. The lowest BCUT2D eigenvalue weighted by atomic mass is 9.86. The van der Waals surface area contributed by atoms with E-state index in [4.69, 9.17) is 9.72 Å². The largest absolute Gasteiger partial charge is 0.481 e. The van der Waals surface area contributed by atoms with Crippen molar-refractivity contribution in [2.75, 3.05) is 27.2 Å². The molecule has 2 unspecified atom stereocenters. The lowest BCUT2D eigenvalue weighted by Crippen LogP contribution is -2.43. The van der Waals surface area contributed by atoms with Crippen LogP contribution in [0.2, 0.25) is 0 Å². The van der Waals surface area contributed by atoms with Crippen LogP contribution in [0.3, 0.4) is 0 Å². The molecule has 20 heavy (non-hydrogen) atoms. The van der Waals surface area contributed by atoms with Crippen LogP contribution in [0.25, 0.3) is 0 Å². The van der Waals surface area contributed by atoms with Gasteiger partial charge in [-0.25, -0.2) is 4.98 Å². The van der Waals surface area contributed by atoms with E-state index in [1.165, 1.54) is 37.9 Å². The van der Waals surface area contributed by atoms with Gasteiger partial charge in [-0.1, -0.05) is 6.07 Å². The Morgan fingerprint density at radius 2 is 2.20 bits per heavy atom. The Labute approximate surface area is 121 Å². The molecule has 0 amide bonds. The van der Waals surface area contributed by atoms with Crippen molar-refractivity contribution in [2.45, 2.75) is 37.8 Å². The number of likely N-dealkylation sites (tertiary alicyclic amines) is 1. The first-order valence-electron chi connectivity index (χ1n) is 7.74. The molecular weight excluding hydrogens is 250 g/mol. The first-order chi connectivity index (χ1) is 9.83. The molecule has 1 saturated carbocycles. The molecule has 1 saturated heterocycles. The normalized spacial score (nSPS) is 27.5. The van der Waals surface area contributed by atoms with Crippen molar-refractivity contribution >= 4 is 0 Å². The average Bonchev–Trinajstić information content (AvgIpc) is 3.32. The number of nitrogens with zero attached hydrogens (tertiary/aromatic N) is 2. The van der Waals surface area contributed by atoms with Crippen LogP contribution in [0.15, 0.2) is 18.2 Å². The number of ether oxygens (including phenoxy) is 1. The molecule has 0 bridgehead atoms. The van der Waals surface area contributed by atoms with Gasteiger partial charge in [-0.05, 0) is 57.8 Å². The minimum absolute atomic E-state index is 0.443. The van der Waals surface area contributed by atoms with E-state index in [1.54, 1.807) is 7.11 Å². The Hall–Kier alpha value is -1.13. The predicted molar refractivity (Wildman–Crippen MR) is 79.9 cm³/mol. The summed E-state index contributed by atoms with van der Waals surface area (Å²) in [5, 5.41) is 3.36. The number of nitrogens with one attached hydrogen (secondary N) is 1. The SMILES string of the molecule is CNCC1CCCN(C2CC2)C1c1cccc(OC)n1. The Kier molecular flexibility index (Phi) is 4.22. The zero-order valence-corrected chi connectivity index (χ0v) is 12.5. The van der Waals surface area contributed by atoms with Gasteiger partial charge < -0.3 is 10.1 Å². The second-order valence-electron chi connectivity index (χ2n) is 5.98. The molecule has 1 N–H and O–H groups in total. The maximum Gasteiger partial charge on any atom is 0.213 e. The van der Waals surface area contributed by atoms with E-state index < -0.39 is 0 Å². The van der Waals surface area contributed by atoms with E-state index in [1.807, 2.05) is 13.1 Å². The third-order valence-corrected chi connectivity index (χ3v) is 4.53. The number of hydrogen-bond donors (Lipinski definition) is 1. The standard InChI is InChI=1S/C16H25N3O/c1-17-11-12-5-4-10-19(13-8-9-13)16(12)14-6-3-7-15(18-14)20-2/h3,6-7,12-13,16-17H,4-5,8-11H2,1-2H3. The van der Waals surface area contributed by atoms with Gasteiger partial charge in [0.25, 0.3) is 0 Å². The van der Waals surface area contributed by atoms with Gasteiger partial charge in [-0.3, -0.25) is 4.90 Å². The fraction of sp³-hybridized carbons (Fsp3) is 0.688. The molecule has 1 aromatic rings. The van der Waals surface area contributed by atoms with Crippen molar-refractivity contribution in [2.24, 2.45) is 5.92 Å². The molecule has 0 spiro atoms. The van der Waals surface area contributed by atoms with E-state index in [0.717, 1.165) is 18.5 Å². The highest BCUT2D eigenvalue weighted by Crippen LogP contribution is 2.42. The van der Waals surface area contributed by atoms with Crippen LogP contribution < -0.4 is 10.1 Å². The second kappa shape index (κ2) is 6.10. The molecule has 1 aliphatic heterocycles. The summed E-state index contributed by atoms with van der Waals surface area (Å²) in [4.78, 5) is 7.40. The molecular formula is C16H25N3O. The number of aromatic nitrogens is 1.